The van der Waals surface area contributed by atoms with Gasteiger partial charge in [0.2, 0.25) is 20.0 Å². The van der Waals surface area contributed by atoms with Gasteiger partial charge in [0.1, 0.15) is 0 Å². The van der Waals surface area contributed by atoms with Crippen molar-refractivity contribution < 1.29 is 16.8 Å². The third-order valence-corrected chi connectivity index (χ3v) is 4.58. The van der Waals surface area contributed by atoms with Crippen LogP contribution in [0.3, 0.4) is 0 Å². The molecule has 3 N–H and O–H groups in total. The van der Waals surface area contributed by atoms with Gasteiger partial charge in [-0.2, -0.15) is 0 Å². The van der Waals surface area contributed by atoms with Gasteiger partial charge in [-0.15, -0.1) is 0 Å². The molecule has 1 aromatic rings. The first-order valence-electron chi connectivity index (χ1n) is 5.65. The SMILES string of the molecule is NS(=O)(=O)CCCNS(=O)(=O)CCc1ccncc1. The zero-order valence-electron chi connectivity index (χ0n) is 10.3. The molecule has 0 aromatic carbocycles. The smallest absolute Gasteiger partial charge is 0.211 e. The lowest BCUT2D eigenvalue weighted by atomic mass is 10.2. The van der Waals surface area contributed by atoms with E-state index < -0.39 is 20.0 Å². The Bertz CT molecular complexity index is 584. The number of aryl methyl sites for hydroxylation is 1. The summed E-state index contributed by atoms with van der Waals surface area (Å²) in [4.78, 5) is 3.84. The molecule has 0 saturated heterocycles. The molecule has 0 amide bonds. The second-order valence-electron chi connectivity index (χ2n) is 4.04. The fourth-order valence-corrected chi connectivity index (χ4v) is 3.03. The summed E-state index contributed by atoms with van der Waals surface area (Å²) in [6.07, 6.45) is 3.74. The van der Waals surface area contributed by atoms with Crippen molar-refractivity contribution in [2.24, 2.45) is 5.14 Å². The third kappa shape index (κ3) is 7.88. The number of pyridine rings is 1. The number of rotatable bonds is 8. The van der Waals surface area contributed by atoms with E-state index >= 15 is 0 Å². The predicted octanol–water partition coefficient (Wildman–Crippen LogP) is -0.778. The van der Waals surface area contributed by atoms with Crippen molar-refractivity contribution in [3.05, 3.63) is 30.1 Å². The molecule has 0 saturated carbocycles. The zero-order chi connectivity index (χ0) is 14.4. The van der Waals surface area contributed by atoms with Crippen LogP contribution in [0.1, 0.15) is 12.0 Å². The molecule has 0 spiro atoms. The lowest BCUT2D eigenvalue weighted by molar-refractivity contribution is 0.576. The molecular weight excluding hydrogens is 290 g/mol. The Hall–Kier alpha value is -1.03. The van der Waals surface area contributed by atoms with Crippen LogP contribution in [-0.4, -0.2) is 39.9 Å². The number of sulfonamides is 2. The average Bonchev–Trinajstić information content (AvgIpc) is 2.33. The predicted molar refractivity (Wildman–Crippen MR) is 72.3 cm³/mol. The molecule has 1 rings (SSSR count). The van der Waals surface area contributed by atoms with Crippen molar-refractivity contribution in [1.29, 1.82) is 0 Å². The molecule has 19 heavy (non-hydrogen) atoms. The van der Waals surface area contributed by atoms with Gasteiger partial charge in [0.05, 0.1) is 11.5 Å². The Balaban J connectivity index is 2.32. The van der Waals surface area contributed by atoms with Gasteiger partial charge in [0.25, 0.3) is 0 Å². The molecule has 0 fully saturated rings. The first-order valence-corrected chi connectivity index (χ1v) is 9.02. The third-order valence-electron chi connectivity index (χ3n) is 2.34. The molecule has 1 heterocycles. The van der Waals surface area contributed by atoms with Crippen LogP contribution in [0.4, 0.5) is 0 Å². The minimum atomic E-state index is -3.54. The summed E-state index contributed by atoms with van der Waals surface area (Å²) in [5, 5.41) is 4.81. The normalized spacial score (nSPS) is 12.5. The first kappa shape index (κ1) is 16.0. The monoisotopic (exact) mass is 307 g/mol. The van der Waals surface area contributed by atoms with Crippen molar-refractivity contribution in [3.63, 3.8) is 0 Å². The lowest BCUT2D eigenvalue weighted by Crippen LogP contribution is -2.30. The standard InChI is InChI=1S/C10H17N3O4S2/c11-18(14,15)8-1-5-13-19(16,17)9-4-10-2-6-12-7-3-10/h2-3,6-7,13H,1,4-5,8-9H2,(H2,11,14,15). The Labute approximate surface area is 113 Å². The van der Waals surface area contributed by atoms with Crippen LogP contribution in [0.5, 0.6) is 0 Å². The molecule has 0 radical (unpaired) electrons. The molecule has 0 aliphatic rings. The van der Waals surface area contributed by atoms with E-state index in [1.807, 2.05) is 0 Å². The number of nitrogens with two attached hydrogens (primary N) is 1. The number of hydrogen-bond acceptors (Lipinski definition) is 5. The van der Waals surface area contributed by atoms with Crippen LogP contribution in [0, 0.1) is 0 Å². The first-order chi connectivity index (χ1) is 8.79. The molecule has 0 aliphatic carbocycles. The molecule has 7 nitrogen and oxygen atoms in total. The number of hydrogen-bond donors (Lipinski definition) is 2. The molecule has 0 aliphatic heterocycles. The lowest BCUT2D eigenvalue weighted by Gasteiger charge is -2.06. The number of aromatic nitrogens is 1. The second-order valence-corrected chi connectivity index (χ2v) is 7.70. The van der Waals surface area contributed by atoms with Crippen molar-refractivity contribution >= 4 is 20.0 Å². The summed E-state index contributed by atoms with van der Waals surface area (Å²) in [6, 6.07) is 3.49. The highest BCUT2D eigenvalue weighted by molar-refractivity contribution is 7.89. The van der Waals surface area contributed by atoms with Crippen molar-refractivity contribution in [2.75, 3.05) is 18.1 Å². The number of primary sulfonamides is 1. The minimum Gasteiger partial charge on any atom is -0.265 e. The summed E-state index contributed by atoms with van der Waals surface area (Å²) in [5.74, 6) is -0.285. The summed E-state index contributed by atoms with van der Waals surface area (Å²) in [7, 11) is -6.94. The molecule has 0 atom stereocenters. The van der Waals surface area contributed by atoms with E-state index in [1.54, 1.807) is 24.5 Å². The van der Waals surface area contributed by atoms with Gasteiger partial charge in [0.15, 0.2) is 0 Å². The van der Waals surface area contributed by atoms with Crippen LogP contribution in [0.2, 0.25) is 0 Å². The van der Waals surface area contributed by atoms with E-state index in [2.05, 4.69) is 9.71 Å². The maximum atomic E-state index is 11.6. The molecule has 0 unspecified atom stereocenters. The number of nitrogens with one attached hydrogen (secondary N) is 1. The largest absolute Gasteiger partial charge is 0.265 e. The van der Waals surface area contributed by atoms with Crippen molar-refractivity contribution in [2.45, 2.75) is 12.8 Å². The summed E-state index contributed by atoms with van der Waals surface area (Å²) >= 11 is 0. The Morgan fingerprint density at radius 2 is 1.74 bits per heavy atom. The van der Waals surface area contributed by atoms with E-state index in [9.17, 15) is 16.8 Å². The quantitative estimate of drug-likeness (QED) is 0.611. The van der Waals surface area contributed by atoms with Gasteiger partial charge in [-0.25, -0.2) is 26.7 Å². The maximum absolute atomic E-state index is 11.6. The van der Waals surface area contributed by atoms with Gasteiger partial charge in [-0.3, -0.25) is 4.98 Å². The highest BCUT2D eigenvalue weighted by Gasteiger charge is 2.10. The van der Waals surface area contributed by atoms with Crippen LogP contribution in [0.25, 0.3) is 0 Å². The topological polar surface area (TPSA) is 119 Å². The fourth-order valence-electron chi connectivity index (χ4n) is 1.37. The van der Waals surface area contributed by atoms with E-state index in [0.29, 0.717) is 6.42 Å². The van der Waals surface area contributed by atoms with Crippen LogP contribution < -0.4 is 9.86 Å². The fraction of sp³-hybridized carbons (Fsp3) is 0.500. The van der Waals surface area contributed by atoms with Gasteiger partial charge >= 0.3 is 0 Å². The van der Waals surface area contributed by atoms with Gasteiger partial charge < -0.3 is 0 Å². The Morgan fingerprint density at radius 1 is 1.11 bits per heavy atom. The second kappa shape index (κ2) is 6.94. The van der Waals surface area contributed by atoms with Crippen molar-refractivity contribution in [1.82, 2.24) is 9.71 Å². The number of nitrogens with zero attached hydrogens (tertiary/aromatic N) is 1. The Morgan fingerprint density at radius 3 is 2.32 bits per heavy atom. The zero-order valence-corrected chi connectivity index (χ0v) is 12.0. The molecule has 108 valence electrons. The van der Waals surface area contributed by atoms with Gasteiger partial charge in [-0.1, -0.05) is 0 Å². The summed E-state index contributed by atoms with van der Waals surface area (Å²) < 4.78 is 46.9. The molecule has 1 aromatic heterocycles. The van der Waals surface area contributed by atoms with Crippen LogP contribution in [-0.2, 0) is 26.5 Å². The van der Waals surface area contributed by atoms with Crippen LogP contribution >= 0.6 is 0 Å². The van der Waals surface area contributed by atoms with Gasteiger partial charge in [-0.05, 0) is 30.5 Å². The maximum Gasteiger partial charge on any atom is 0.211 e. The van der Waals surface area contributed by atoms with Gasteiger partial charge in [0, 0.05) is 18.9 Å². The van der Waals surface area contributed by atoms with E-state index in [-0.39, 0.29) is 24.5 Å². The minimum absolute atomic E-state index is 0.0492. The molecule has 0 bridgehead atoms. The highest BCUT2D eigenvalue weighted by Crippen LogP contribution is 2.00. The van der Waals surface area contributed by atoms with Crippen LogP contribution in [0.15, 0.2) is 24.5 Å². The summed E-state index contributed by atoms with van der Waals surface area (Å²) in [6.45, 7) is 0.0646. The highest BCUT2D eigenvalue weighted by atomic mass is 32.2. The van der Waals surface area contributed by atoms with E-state index in [1.165, 1.54) is 0 Å². The average molecular weight is 307 g/mol. The molecule has 9 heteroatoms. The summed E-state index contributed by atoms with van der Waals surface area (Å²) in [5.41, 5.74) is 0.880. The van der Waals surface area contributed by atoms with Crippen molar-refractivity contribution in [3.8, 4) is 0 Å². The van der Waals surface area contributed by atoms with E-state index in [4.69, 9.17) is 5.14 Å². The Kier molecular flexibility index (Phi) is 5.85. The van der Waals surface area contributed by atoms with E-state index in [0.717, 1.165) is 5.56 Å². The molecular formula is C10H17N3O4S2.